The first-order valence-electron chi connectivity index (χ1n) is 11.4. The van der Waals surface area contributed by atoms with Crippen molar-refractivity contribution in [3.63, 3.8) is 0 Å². The van der Waals surface area contributed by atoms with Gasteiger partial charge in [-0.15, -0.1) is 0 Å². The molecule has 0 bridgehead atoms. The molecule has 2 saturated heterocycles. The fourth-order valence-corrected chi connectivity index (χ4v) is 5.30. The number of carbonyl (C=O) groups excluding carboxylic acids is 2. The highest BCUT2D eigenvalue weighted by Crippen LogP contribution is 2.35. The summed E-state index contributed by atoms with van der Waals surface area (Å²) in [4.78, 5) is 29.9. The van der Waals surface area contributed by atoms with Gasteiger partial charge in [-0.25, -0.2) is 0 Å². The van der Waals surface area contributed by atoms with Crippen molar-refractivity contribution < 1.29 is 14.0 Å². The van der Waals surface area contributed by atoms with Gasteiger partial charge in [0.2, 0.25) is 5.91 Å². The third-order valence-electron chi connectivity index (χ3n) is 6.95. The van der Waals surface area contributed by atoms with Crippen LogP contribution >= 0.6 is 0 Å². The molecule has 2 amide bonds. The SMILES string of the molecule is O=C(c1ccco1)N1CC[C@H]2[C@H](CCC(=O)N2CC(c2ccccc2)c2ccccc2)C1. The van der Waals surface area contributed by atoms with Gasteiger partial charge in [0.1, 0.15) is 0 Å². The minimum atomic E-state index is -0.0525. The van der Waals surface area contributed by atoms with Gasteiger partial charge in [0.25, 0.3) is 5.91 Å². The molecule has 2 aliphatic heterocycles. The minimum absolute atomic E-state index is 0.0525. The van der Waals surface area contributed by atoms with E-state index in [2.05, 4.69) is 53.4 Å². The Morgan fingerprint density at radius 2 is 1.62 bits per heavy atom. The first-order valence-corrected chi connectivity index (χ1v) is 11.4. The number of rotatable bonds is 5. The molecule has 2 atom stereocenters. The summed E-state index contributed by atoms with van der Waals surface area (Å²) in [6.07, 6.45) is 3.72. The third-order valence-corrected chi connectivity index (χ3v) is 6.95. The second-order valence-electron chi connectivity index (χ2n) is 8.80. The van der Waals surface area contributed by atoms with Crippen LogP contribution in [0, 0.1) is 5.92 Å². The van der Waals surface area contributed by atoms with Gasteiger partial charge in [0.05, 0.1) is 6.26 Å². The van der Waals surface area contributed by atoms with E-state index in [1.807, 2.05) is 17.0 Å². The summed E-state index contributed by atoms with van der Waals surface area (Å²) in [5.41, 5.74) is 2.44. The van der Waals surface area contributed by atoms with Crippen LogP contribution in [0.4, 0.5) is 0 Å². The number of benzene rings is 2. The summed E-state index contributed by atoms with van der Waals surface area (Å²) in [5.74, 6) is 0.994. The second-order valence-corrected chi connectivity index (χ2v) is 8.80. The van der Waals surface area contributed by atoms with E-state index in [0.717, 1.165) is 12.8 Å². The largest absolute Gasteiger partial charge is 0.459 e. The summed E-state index contributed by atoms with van der Waals surface area (Å²) in [7, 11) is 0. The lowest BCUT2D eigenvalue weighted by atomic mass is 9.81. The van der Waals surface area contributed by atoms with Crippen LogP contribution in [-0.4, -0.2) is 47.3 Å². The summed E-state index contributed by atoms with van der Waals surface area (Å²) < 4.78 is 5.32. The molecule has 2 aliphatic rings. The van der Waals surface area contributed by atoms with Gasteiger partial charge in [-0.2, -0.15) is 0 Å². The summed E-state index contributed by atoms with van der Waals surface area (Å²) in [5, 5.41) is 0. The summed E-state index contributed by atoms with van der Waals surface area (Å²) in [6.45, 7) is 1.99. The van der Waals surface area contributed by atoms with E-state index in [-0.39, 0.29) is 23.8 Å². The third kappa shape index (κ3) is 4.07. The summed E-state index contributed by atoms with van der Waals surface area (Å²) >= 11 is 0. The van der Waals surface area contributed by atoms with Gasteiger partial charge in [-0.3, -0.25) is 9.59 Å². The van der Waals surface area contributed by atoms with Crippen LogP contribution in [0.25, 0.3) is 0 Å². The first kappa shape index (κ1) is 20.6. The predicted octanol–water partition coefficient (Wildman–Crippen LogP) is 4.56. The molecule has 0 unspecified atom stereocenters. The summed E-state index contributed by atoms with van der Waals surface area (Å²) in [6, 6.07) is 24.5. The van der Waals surface area contributed by atoms with Gasteiger partial charge < -0.3 is 14.2 Å². The van der Waals surface area contributed by atoms with Crippen molar-refractivity contribution >= 4 is 11.8 Å². The molecular weight excluding hydrogens is 400 g/mol. The van der Waals surface area contributed by atoms with Crippen molar-refractivity contribution in [1.82, 2.24) is 9.80 Å². The number of fused-ring (bicyclic) bond motifs is 1. The van der Waals surface area contributed by atoms with Gasteiger partial charge in [0, 0.05) is 38.0 Å². The molecule has 5 rings (SSSR count). The molecular formula is C27H28N2O3. The Morgan fingerprint density at radius 3 is 2.25 bits per heavy atom. The lowest BCUT2D eigenvalue weighted by molar-refractivity contribution is -0.140. The fraction of sp³-hybridized carbons (Fsp3) is 0.333. The van der Waals surface area contributed by atoms with Crippen LogP contribution in [0.2, 0.25) is 0 Å². The topological polar surface area (TPSA) is 53.8 Å². The minimum Gasteiger partial charge on any atom is -0.459 e. The predicted molar refractivity (Wildman–Crippen MR) is 122 cm³/mol. The molecule has 0 saturated carbocycles. The molecule has 2 aromatic carbocycles. The number of likely N-dealkylation sites (tertiary alicyclic amines) is 2. The average molecular weight is 429 g/mol. The molecule has 5 heteroatoms. The maximum Gasteiger partial charge on any atom is 0.289 e. The highest BCUT2D eigenvalue weighted by molar-refractivity contribution is 5.91. The Balaban J connectivity index is 1.37. The Morgan fingerprint density at radius 1 is 0.938 bits per heavy atom. The van der Waals surface area contributed by atoms with E-state index in [1.54, 1.807) is 12.1 Å². The molecule has 1 aromatic heterocycles. The van der Waals surface area contributed by atoms with Gasteiger partial charge in [-0.05, 0) is 42.0 Å². The molecule has 2 fully saturated rings. The highest BCUT2D eigenvalue weighted by Gasteiger charge is 2.41. The number of hydrogen-bond acceptors (Lipinski definition) is 3. The Hall–Kier alpha value is -3.34. The van der Waals surface area contributed by atoms with Crippen molar-refractivity contribution in [3.8, 4) is 0 Å². The van der Waals surface area contributed by atoms with E-state index >= 15 is 0 Å². The molecule has 0 aliphatic carbocycles. The van der Waals surface area contributed by atoms with Crippen LogP contribution in [0.5, 0.6) is 0 Å². The zero-order chi connectivity index (χ0) is 21.9. The number of furan rings is 1. The molecule has 0 radical (unpaired) electrons. The zero-order valence-corrected chi connectivity index (χ0v) is 18.1. The van der Waals surface area contributed by atoms with Crippen LogP contribution in [0.3, 0.4) is 0 Å². The van der Waals surface area contributed by atoms with E-state index in [1.165, 1.54) is 17.4 Å². The number of nitrogens with zero attached hydrogens (tertiary/aromatic N) is 2. The van der Waals surface area contributed by atoms with Gasteiger partial charge in [-0.1, -0.05) is 60.7 Å². The van der Waals surface area contributed by atoms with E-state index in [0.29, 0.717) is 37.7 Å². The first-order chi connectivity index (χ1) is 15.7. The normalized spacial score (nSPS) is 21.0. The maximum absolute atomic E-state index is 13.1. The second kappa shape index (κ2) is 9.03. The molecule has 164 valence electrons. The van der Waals surface area contributed by atoms with Gasteiger partial charge >= 0.3 is 0 Å². The van der Waals surface area contributed by atoms with E-state index in [9.17, 15) is 9.59 Å². The fourth-order valence-electron chi connectivity index (χ4n) is 5.30. The molecule has 3 aromatic rings. The van der Waals surface area contributed by atoms with Crippen LogP contribution in [-0.2, 0) is 4.79 Å². The Kier molecular flexibility index (Phi) is 5.80. The maximum atomic E-state index is 13.1. The smallest absolute Gasteiger partial charge is 0.289 e. The standard InChI is InChI=1S/C27H28N2O3/c30-26-14-13-22-18-28(27(31)25-12-7-17-32-25)16-15-24(22)29(26)19-23(20-8-3-1-4-9-20)21-10-5-2-6-11-21/h1-12,17,22-24H,13-16,18-19H2/t22-,24+/m1/s1. The zero-order valence-electron chi connectivity index (χ0n) is 18.1. The lowest BCUT2D eigenvalue weighted by Crippen LogP contribution is -2.57. The molecule has 0 spiro atoms. The molecule has 5 nitrogen and oxygen atoms in total. The number of amides is 2. The van der Waals surface area contributed by atoms with Crippen molar-refractivity contribution in [2.45, 2.75) is 31.2 Å². The average Bonchev–Trinajstić information content (AvgIpc) is 3.39. The van der Waals surface area contributed by atoms with Crippen molar-refractivity contribution in [2.24, 2.45) is 5.92 Å². The van der Waals surface area contributed by atoms with Crippen molar-refractivity contribution in [1.29, 1.82) is 0 Å². The number of hydrogen-bond donors (Lipinski definition) is 0. The Bertz CT molecular complexity index is 1010. The van der Waals surface area contributed by atoms with Gasteiger partial charge in [0.15, 0.2) is 5.76 Å². The quantitative estimate of drug-likeness (QED) is 0.598. The highest BCUT2D eigenvalue weighted by atomic mass is 16.3. The number of carbonyl (C=O) groups is 2. The number of piperidine rings is 2. The monoisotopic (exact) mass is 428 g/mol. The van der Waals surface area contributed by atoms with E-state index in [4.69, 9.17) is 4.42 Å². The van der Waals surface area contributed by atoms with Crippen LogP contribution in [0.1, 0.15) is 46.9 Å². The molecule has 32 heavy (non-hydrogen) atoms. The van der Waals surface area contributed by atoms with Crippen LogP contribution in [0.15, 0.2) is 83.5 Å². The van der Waals surface area contributed by atoms with Crippen molar-refractivity contribution in [3.05, 3.63) is 95.9 Å². The lowest BCUT2D eigenvalue weighted by Gasteiger charge is -2.48. The van der Waals surface area contributed by atoms with Crippen LogP contribution < -0.4 is 0 Å². The van der Waals surface area contributed by atoms with Crippen molar-refractivity contribution in [2.75, 3.05) is 19.6 Å². The molecule has 3 heterocycles. The Labute approximate surface area is 188 Å². The van der Waals surface area contributed by atoms with E-state index < -0.39 is 0 Å². The molecule has 0 N–H and O–H groups in total.